The lowest BCUT2D eigenvalue weighted by Gasteiger charge is -2.32. The standard InChI is InChI=1S/C18H29NO2/c1-5-21-18-12-16(9-10-17(18)20-4)19-15-8-6-7-14(11-15)13(2)3/h9-10,12-15,19H,5-8,11H2,1-4H3. The predicted molar refractivity (Wildman–Crippen MR) is 88.4 cm³/mol. The lowest BCUT2D eigenvalue weighted by atomic mass is 9.79. The molecule has 2 atom stereocenters. The van der Waals surface area contributed by atoms with Gasteiger partial charge in [-0.2, -0.15) is 0 Å². The molecule has 0 aromatic heterocycles. The number of nitrogens with one attached hydrogen (secondary N) is 1. The molecule has 118 valence electrons. The first kappa shape index (κ1) is 16.0. The molecule has 0 aliphatic heterocycles. The van der Waals surface area contributed by atoms with Crippen LogP contribution in [0.1, 0.15) is 46.5 Å². The number of methoxy groups -OCH3 is 1. The Balaban J connectivity index is 2.03. The van der Waals surface area contributed by atoms with Crippen molar-refractivity contribution in [2.75, 3.05) is 19.0 Å². The van der Waals surface area contributed by atoms with Crippen molar-refractivity contribution < 1.29 is 9.47 Å². The van der Waals surface area contributed by atoms with Gasteiger partial charge in [0.1, 0.15) is 0 Å². The topological polar surface area (TPSA) is 30.5 Å². The fourth-order valence-corrected chi connectivity index (χ4v) is 3.23. The van der Waals surface area contributed by atoms with Crippen molar-refractivity contribution in [1.29, 1.82) is 0 Å². The fraction of sp³-hybridized carbons (Fsp3) is 0.667. The van der Waals surface area contributed by atoms with Gasteiger partial charge in [0.15, 0.2) is 11.5 Å². The van der Waals surface area contributed by atoms with E-state index in [9.17, 15) is 0 Å². The molecule has 1 fully saturated rings. The third-order valence-corrected chi connectivity index (χ3v) is 4.49. The Morgan fingerprint density at radius 3 is 2.71 bits per heavy atom. The summed E-state index contributed by atoms with van der Waals surface area (Å²) in [4.78, 5) is 0. The van der Waals surface area contributed by atoms with Gasteiger partial charge in [-0.3, -0.25) is 0 Å². The summed E-state index contributed by atoms with van der Waals surface area (Å²) in [7, 11) is 1.68. The SMILES string of the molecule is CCOc1cc(NC2CCCC(C(C)C)C2)ccc1OC. The van der Waals surface area contributed by atoms with E-state index >= 15 is 0 Å². The van der Waals surface area contributed by atoms with Gasteiger partial charge in [-0.15, -0.1) is 0 Å². The van der Waals surface area contributed by atoms with Crippen LogP contribution in [-0.4, -0.2) is 19.8 Å². The summed E-state index contributed by atoms with van der Waals surface area (Å²) in [6.07, 6.45) is 5.24. The van der Waals surface area contributed by atoms with Crippen LogP contribution in [0.15, 0.2) is 18.2 Å². The van der Waals surface area contributed by atoms with Crippen LogP contribution in [0.3, 0.4) is 0 Å². The number of hydrogen-bond acceptors (Lipinski definition) is 3. The third-order valence-electron chi connectivity index (χ3n) is 4.49. The van der Waals surface area contributed by atoms with Crippen LogP contribution < -0.4 is 14.8 Å². The Labute approximate surface area is 129 Å². The molecule has 2 rings (SSSR count). The first-order valence-corrected chi connectivity index (χ1v) is 8.21. The molecule has 1 aromatic carbocycles. The van der Waals surface area contributed by atoms with E-state index < -0.39 is 0 Å². The molecule has 0 radical (unpaired) electrons. The van der Waals surface area contributed by atoms with E-state index in [1.54, 1.807) is 7.11 Å². The highest BCUT2D eigenvalue weighted by atomic mass is 16.5. The van der Waals surface area contributed by atoms with Crippen molar-refractivity contribution in [1.82, 2.24) is 0 Å². The second-order valence-corrected chi connectivity index (χ2v) is 6.31. The summed E-state index contributed by atoms with van der Waals surface area (Å²) in [5, 5.41) is 3.68. The summed E-state index contributed by atoms with van der Waals surface area (Å²) in [6.45, 7) is 7.33. The molecule has 1 N–H and O–H groups in total. The zero-order valence-electron chi connectivity index (χ0n) is 13.8. The Bertz CT molecular complexity index is 445. The molecule has 1 aliphatic rings. The molecule has 1 saturated carbocycles. The van der Waals surface area contributed by atoms with Gasteiger partial charge in [0.05, 0.1) is 13.7 Å². The van der Waals surface area contributed by atoms with E-state index in [4.69, 9.17) is 9.47 Å². The van der Waals surface area contributed by atoms with Crippen molar-refractivity contribution in [3.8, 4) is 11.5 Å². The highest BCUT2D eigenvalue weighted by Crippen LogP contribution is 2.34. The monoisotopic (exact) mass is 291 g/mol. The minimum absolute atomic E-state index is 0.578. The number of anilines is 1. The maximum absolute atomic E-state index is 5.65. The molecule has 0 bridgehead atoms. The molecule has 2 unspecified atom stereocenters. The fourth-order valence-electron chi connectivity index (χ4n) is 3.23. The first-order valence-electron chi connectivity index (χ1n) is 8.21. The summed E-state index contributed by atoms with van der Waals surface area (Å²) in [6, 6.07) is 6.70. The van der Waals surface area contributed by atoms with Gasteiger partial charge in [-0.25, -0.2) is 0 Å². The molecule has 0 spiro atoms. The quantitative estimate of drug-likeness (QED) is 0.822. The molecule has 1 aliphatic carbocycles. The minimum atomic E-state index is 0.578. The van der Waals surface area contributed by atoms with E-state index in [-0.39, 0.29) is 0 Å². The van der Waals surface area contributed by atoms with Gasteiger partial charge < -0.3 is 14.8 Å². The summed E-state index contributed by atoms with van der Waals surface area (Å²) in [5.74, 6) is 3.25. The van der Waals surface area contributed by atoms with Crippen LogP contribution in [0.5, 0.6) is 11.5 Å². The van der Waals surface area contributed by atoms with Crippen LogP contribution in [0, 0.1) is 11.8 Å². The van der Waals surface area contributed by atoms with Crippen LogP contribution >= 0.6 is 0 Å². The van der Waals surface area contributed by atoms with Crippen molar-refractivity contribution in [2.24, 2.45) is 11.8 Å². The largest absolute Gasteiger partial charge is 0.493 e. The molecular weight excluding hydrogens is 262 g/mol. The summed E-state index contributed by atoms with van der Waals surface area (Å²) < 4.78 is 11.0. The number of benzene rings is 1. The van der Waals surface area contributed by atoms with Crippen LogP contribution in [0.2, 0.25) is 0 Å². The Kier molecular flexibility index (Phi) is 5.77. The molecular formula is C18H29NO2. The van der Waals surface area contributed by atoms with Crippen molar-refractivity contribution in [3.63, 3.8) is 0 Å². The molecule has 0 heterocycles. The Morgan fingerprint density at radius 2 is 2.05 bits per heavy atom. The smallest absolute Gasteiger partial charge is 0.163 e. The van der Waals surface area contributed by atoms with E-state index in [2.05, 4.69) is 31.3 Å². The summed E-state index contributed by atoms with van der Waals surface area (Å²) in [5.41, 5.74) is 1.13. The zero-order chi connectivity index (χ0) is 15.2. The van der Waals surface area contributed by atoms with Gasteiger partial charge in [-0.1, -0.05) is 26.7 Å². The number of rotatable bonds is 6. The van der Waals surface area contributed by atoms with Crippen LogP contribution in [0.25, 0.3) is 0 Å². The summed E-state index contributed by atoms with van der Waals surface area (Å²) >= 11 is 0. The normalized spacial score (nSPS) is 22.1. The van der Waals surface area contributed by atoms with E-state index in [1.807, 2.05) is 13.0 Å². The van der Waals surface area contributed by atoms with Crippen LogP contribution in [0.4, 0.5) is 5.69 Å². The Morgan fingerprint density at radius 1 is 1.24 bits per heavy atom. The van der Waals surface area contributed by atoms with E-state index in [0.29, 0.717) is 12.6 Å². The van der Waals surface area contributed by atoms with Gasteiger partial charge in [0.25, 0.3) is 0 Å². The van der Waals surface area contributed by atoms with Gasteiger partial charge in [0, 0.05) is 17.8 Å². The molecule has 0 amide bonds. The van der Waals surface area contributed by atoms with Gasteiger partial charge >= 0.3 is 0 Å². The number of ether oxygens (including phenoxy) is 2. The zero-order valence-corrected chi connectivity index (χ0v) is 13.8. The lowest BCUT2D eigenvalue weighted by molar-refractivity contribution is 0.264. The molecule has 0 saturated heterocycles. The lowest BCUT2D eigenvalue weighted by Crippen LogP contribution is -2.29. The van der Waals surface area contributed by atoms with Gasteiger partial charge in [0.2, 0.25) is 0 Å². The number of hydrogen-bond donors (Lipinski definition) is 1. The maximum atomic E-state index is 5.65. The van der Waals surface area contributed by atoms with Crippen molar-refractivity contribution in [2.45, 2.75) is 52.5 Å². The average molecular weight is 291 g/mol. The first-order chi connectivity index (χ1) is 10.1. The predicted octanol–water partition coefficient (Wildman–Crippen LogP) is 4.72. The molecule has 3 nitrogen and oxygen atoms in total. The second-order valence-electron chi connectivity index (χ2n) is 6.31. The maximum Gasteiger partial charge on any atom is 0.163 e. The average Bonchev–Trinajstić information content (AvgIpc) is 2.48. The Hall–Kier alpha value is -1.38. The molecule has 3 heteroatoms. The highest BCUT2D eigenvalue weighted by Gasteiger charge is 2.24. The van der Waals surface area contributed by atoms with E-state index in [0.717, 1.165) is 29.0 Å². The van der Waals surface area contributed by atoms with Crippen LogP contribution in [-0.2, 0) is 0 Å². The van der Waals surface area contributed by atoms with Crippen molar-refractivity contribution in [3.05, 3.63) is 18.2 Å². The van der Waals surface area contributed by atoms with Gasteiger partial charge in [-0.05, 0) is 43.7 Å². The third kappa shape index (κ3) is 4.29. The second kappa shape index (κ2) is 7.58. The minimum Gasteiger partial charge on any atom is -0.493 e. The molecule has 1 aromatic rings. The van der Waals surface area contributed by atoms with Crippen molar-refractivity contribution >= 4 is 5.69 Å². The highest BCUT2D eigenvalue weighted by molar-refractivity contribution is 5.55. The molecule has 21 heavy (non-hydrogen) atoms. The van der Waals surface area contributed by atoms with E-state index in [1.165, 1.54) is 25.7 Å².